The molecule has 6 heteroatoms. The number of carbonyl (C=O) groups excluding carboxylic acids is 1. The van der Waals surface area contributed by atoms with Gasteiger partial charge in [0, 0.05) is 11.8 Å². The normalized spacial score (nSPS) is 20.5. The van der Waals surface area contributed by atoms with Crippen molar-refractivity contribution >= 4 is 23.5 Å². The lowest BCUT2D eigenvalue weighted by atomic mass is 10.3. The van der Waals surface area contributed by atoms with E-state index in [0.29, 0.717) is 6.04 Å². The smallest absolute Gasteiger partial charge is 0.239 e. The quantitative estimate of drug-likeness (QED) is 0.785. The number of carbonyl (C=O) groups is 1. The van der Waals surface area contributed by atoms with E-state index in [9.17, 15) is 4.79 Å². The Hall–Kier alpha value is -1.01. The number of nitrogens with one attached hydrogen (secondary N) is 1. The molecule has 1 saturated heterocycles. The number of aromatic nitrogens is 2. The van der Waals surface area contributed by atoms with Gasteiger partial charge in [-0.1, -0.05) is 0 Å². The summed E-state index contributed by atoms with van der Waals surface area (Å²) in [7, 11) is 0. The molecule has 1 fully saturated rings. The molecule has 3 N–H and O–H groups in total. The number of hydrogen-bond donors (Lipinski definition) is 2. The number of nitrogens with two attached hydrogens (primary N) is 1. The average molecular weight is 226 g/mol. The zero-order valence-corrected chi connectivity index (χ0v) is 9.17. The van der Waals surface area contributed by atoms with Gasteiger partial charge < -0.3 is 11.1 Å². The molecule has 0 spiro atoms. The molecule has 0 aliphatic carbocycles. The number of anilines is 1. The SMILES string of the molecule is NCC(=O)Nc1ccnn1[C@H]1CCSC1. The second kappa shape index (κ2) is 4.67. The van der Waals surface area contributed by atoms with Gasteiger partial charge in [0.25, 0.3) is 0 Å². The molecule has 2 rings (SSSR count). The van der Waals surface area contributed by atoms with Gasteiger partial charge in [0.15, 0.2) is 0 Å². The van der Waals surface area contributed by atoms with Crippen molar-refractivity contribution < 1.29 is 4.79 Å². The number of amides is 1. The molecule has 1 aliphatic heterocycles. The Bertz CT molecular complexity index is 346. The van der Waals surface area contributed by atoms with Crippen LogP contribution in [0.4, 0.5) is 5.82 Å². The zero-order valence-electron chi connectivity index (χ0n) is 8.35. The summed E-state index contributed by atoms with van der Waals surface area (Å²) in [6.45, 7) is 0.00456. The van der Waals surface area contributed by atoms with Crippen molar-refractivity contribution in [2.24, 2.45) is 5.73 Å². The van der Waals surface area contributed by atoms with Crippen LogP contribution in [0, 0.1) is 0 Å². The third kappa shape index (κ3) is 2.32. The van der Waals surface area contributed by atoms with E-state index >= 15 is 0 Å². The lowest BCUT2D eigenvalue weighted by Crippen LogP contribution is -2.24. The molecule has 0 radical (unpaired) electrons. The Morgan fingerprint density at radius 1 is 1.80 bits per heavy atom. The summed E-state index contributed by atoms with van der Waals surface area (Å²) in [6, 6.07) is 2.20. The van der Waals surface area contributed by atoms with Gasteiger partial charge >= 0.3 is 0 Å². The van der Waals surface area contributed by atoms with Gasteiger partial charge in [0.1, 0.15) is 5.82 Å². The fourth-order valence-corrected chi connectivity index (χ4v) is 2.80. The molecule has 15 heavy (non-hydrogen) atoms. The Balaban J connectivity index is 2.10. The molecular weight excluding hydrogens is 212 g/mol. The highest BCUT2D eigenvalue weighted by atomic mass is 32.2. The molecule has 1 amide bonds. The van der Waals surface area contributed by atoms with E-state index in [1.807, 2.05) is 16.4 Å². The van der Waals surface area contributed by atoms with E-state index in [1.54, 1.807) is 12.3 Å². The van der Waals surface area contributed by atoms with E-state index in [-0.39, 0.29) is 12.5 Å². The molecule has 82 valence electrons. The van der Waals surface area contributed by atoms with Gasteiger partial charge in [-0.3, -0.25) is 4.79 Å². The van der Waals surface area contributed by atoms with E-state index < -0.39 is 0 Å². The second-order valence-corrected chi connectivity index (χ2v) is 4.58. The fraction of sp³-hybridized carbons (Fsp3) is 0.556. The highest BCUT2D eigenvalue weighted by Gasteiger charge is 2.20. The maximum absolute atomic E-state index is 11.2. The minimum atomic E-state index is -0.178. The molecule has 1 aliphatic rings. The van der Waals surface area contributed by atoms with E-state index in [1.165, 1.54) is 0 Å². The first-order valence-electron chi connectivity index (χ1n) is 4.92. The minimum Gasteiger partial charge on any atom is -0.322 e. The highest BCUT2D eigenvalue weighted by Crippen LogP contribution is 2.29. The summed E-state index contributed by atoms with van der Waals surface area (Å²) < 4.78 is 1.88. The number of nitrogens with zero attached hydrogens (tertiary/aromatic N) is 2. The first kappa shape index (κ1) is 10.5. The fourth-order valence-electron chi connectivity index (χ4n) is 1.61. The Kier molecular flexibility index (Phi) is 3.27. The van der Waals surface area contributed by atoms with Crippen LogP contribution in [0.15, 0.2) is 12.3 Å². The number of rotatable bonds is 3. The van der Waals surface area contributed by atoms with Crippen LogP contribution in [-0.4, -0.2) is 33.7 Å². The lowest BCUT2D eigenvalue weighted by Gasteiger charge is -2.13. The van der Waals surface area contributed by atoms with Gasteiger partial charge in [0.2, 0.25) is 5.91 Å². The van der Waals surface area contributed by atoms with Crippen molar-refractivity contribution in [3.05, 3.63) is 12.3 Å². The van der Waals surface area contributed by atoms with Gasteiger partial charge in [-0.2, -0.15) is 16.9 Å². The third-order valence-corrected chi connectivity index (χ3v) is 3.52. The molecule has 0 bridgehead atoms. The Labute approximate surface area is 92.4 Å². The summed E-state index contributed by atoms with van der Waals surface area (Å²) >= 11 is 1.92. The maximum Gasteiger partial charge on any atom is 0.239 e. The lowest BCUT2D eigenvalue weighted by molar-refractivity contribution is -0.114. The molecule has 1 aromatic heterocycles. The van der Waals surface area contributed by atoms with Crippen LogP contribution in [-0.2, 0) is 4.79 Å². The van der Waals surface area contributed by atoms with Crippen molar-refractivity contribution in [1.82, 2.24) is 9.78 Å². The third-order valence-electron chi connectivity index (χ3n) is 2.37. The standard InChI is InChI=1S/C9H14N4OS/c10-5-9(14)12-8-1-3-11-13(8)7-2-4-15-6-7/h1,3,7H,2,4-6,10H2,(H,12,14)/t7-/m0/s1. The minimum absolute atomic E-state index is 0.00456. The molecule has 0 aromatic carbocycles. The average Bonchev–Trinajstić information content (AvgIpc) is 2.86. The van der Waals surface area contributed by atoms with Crippen LogP contribution in [0.2, 0.25) is 0 Å². The molecule has 2 heterocycles. The summed E-state index contributed by atoms with van der Waals surface area (Å²) in [6.07, 6.45) is 2.81. The van der Waals surface area contributed by atoms with Crippen molar-refractivity contribution in [3.8, 4) is 0 Å². The van der Waals surface area contributed by atoms with Gasteiger partial charge in [-0.15, -0.1) is 0 Å². The van der Waals surface area contributed by atoms with Crippen LogP contribution < -0.4 is 11.1 Å². The van der Waals surface area contributed by atoms with E-state index in [4.69, 9.17) is 5.73 Å². The van der Waals surface area contributed by atoms with Gasteiger partial charge in [0.05, 0.1) is 18.8 Å². The molecule has 0 saturated carbocycles. The number of hydrogen-bond acceptors (Lipinski definition) is 4. The predicted molar refractivity (Wildman–Crippen MR) is 60.9 cm³/mol. The second-order valence-electron chi connectivity index (χ2n) is 3.43. The van der Waals surface area contributed by atoms with Crippen LogP contribution in [0.25, 0.3) is 0 Å². The summed E-state index contributed by atoms with van der Waals surface area (Å²) in [4.78, 5) is 11.2. The van der Waals surface area contributed by atoms with Crippen LogP contribution in [0.5, 0.6) is 0 Å². The Morgan fingerprint density at radius 3 is 3.33 bits per heavy atom. The monoisotopic (exact) mass is 226 g/mol. The van der Waals surface area contributed by atoms with Crippen molar-refractivity contribution in [1.29, 1.82) is 0 Å². The number of thioether (sulfide) groups is 1. The largest absolute Gasteiger partial charge is 0.322 e. The summed E-state index contributed by atoms with van der Waals surface area (Å²) in [5.74, 6) is 2.79. The molecule has 1 atom stereocenters. The van der Waals surface area contributed by atoms with Gasteiger partial charge in [-0.05, 0) is 12.2 Å². The summed E-state index contributed by atoms with van der Waals surface area (Å²) in [5, 5.41) is 6.98. The zero-order chi connectivity index (χ0) is 10.7. The van der Waals surface area contributed by atoms with Crippen molar-refractivity contribution in [2.75, 3.05) is 23.4 Å². The van der Waals surface area contributed by atoms with Crippen molar-refractivity contribution in [3.63, 3.8) is 0 Å². The van der Waals surface area contributed by atoms with E-state index in [2.05, 4.69) is 10.4 Å². The van der Waals surface area contributed by atoms with E-state index in [0.717, 1.165) is 23.7 Å². The Morgan fingerprint density at radius 2 is 2.67 bits per heavy atom. The molecule has 1 aromatic rings. The topological polar surface area (TPSA) is 72.9 Å². The van der Waals surface area contributed by atoms with Crippen LogP contribution >= 0.6 is 11.8 Å². The first-order valence-corrected chi connectivity index (χ1v) is 6.08. The molecule has 0 unspecified atom stereocenters. The highest BCUT2D eigenvalue weighted by molar-refractivity contribution is 7.99. The molecule has 5 nitrogen and oxygen atoms in total. The maximum atomic E-state index is 11.2. The van der Waals surface area contributed by atoms with Crippen LogP contribution in [0.1, 0.15) is 12.5 Å². The summed E-state index contributed by atoms with van der Waals surface area (Å²) in [5.41, 5.74) is 5.25. The first-order chi connectivity index (χ1) is 7.31. The van der Waals surface area contributed by atoms with Crippen LogP contribution in [0.3, 0.4) is 0 Å². The molecular formula is C9H14N4OS. The van der Waals surface area contributed by atoms with Crippen molar-refractivity contribution in [2.45, 2.75) is 12.5 Å². The predicted octanol–water partition coefficient (Wildman–Crippen LogP) is 0.458. The van der Waals surface area contributed by atoms with Gasteiger partial charge in [-0.25, -0.2) is 4.68 Å².